The largest absolute Gasteiger partial charge is 0.481 e. The minimum absolute atomic E-state index is 0.376. The summed E-state index contributed by atoms with van der Waals surface area (Å²) in [4.78, 5) is 10.7. The highest BCUT2D eigenvalue weighted by molar-refractivity contribution is 6.29. The van der Waals surface area contributed by atoms with Gasteiger partial charge in [-0.3, -0.25) is 4.79 Å². The maximum absolute atomic E-state index is 12.6. The molecule has 0 aromatic heterocycles. The highest BCUT2D eigenvalue weighted by Crippen LogP contribution is 2.62. The van der Waals surface area contributed by atoms with Gasteiger partial charge in [-0.05, 0) is 11.3 Å². The summed E-state index contributed by atoms with van der Waals surface area (Å²) in [6.45, 7) is 3.51. The van der Waals surface area contributed by atoms with Crippen molar-refractivity contribution in [1.82, 2.24) is 0 Å². The second-order valence-corrected chi connectivity index (χ2v) is 4.86. The summed E-state index contributed by atoms with van der Waals surface area (Å²) >= 11 is 10.8. The first kappa shape index (κ1) is 11.1. The van der Waals surface area contributed by atoms with Crippen LogP contribution in [0.4, 0.5) is 4.39 Å². The monoisotopic (exact) mass is 228 g/mol. The van der Waals surface area contributed by atoms with Gasteiger partial charge in [0.2, 0.25) is 0 Å². The van der Waals surface area contributed by atoms with Crippen molar-refractivity contribution in [3.05, 3.63) is 0 Å². The van der Waals surface area contributed by atoms with Crippen molar-refractivity contribution in [2.24, 2.45) is 17.3 Å². The van der Waals surface area contributed by atoms with Crippen LogP contribution >= 0.6 is 23.2 Å². The lowest BCUT2D eigenvalue weighted by Crippen LogP contribution is -2.16. The quantitative estimate of drug-likeness (QED) is 0.755. The highest BCUT2D eigenvalue weighted by Gasteiger charge is 2.65. The van der Waals surface area contributed by atoms with Crippen molar-refractivity contribution in [2.75, 3.05) is 0 Å². The second-order valence-electron chi connectivity index (χ2n) is 3.94. The predicted molar refractivity (Wildman–Crippen MR) is 48.8 cm³/mol. The van der Waals surface area contributed by atoms with E-state index in [0.29, 0.717) is 0 Å². The zero-order valence-electron chi connectivity index (χ0n) is 7.30. The molecule has 2 nitrogen and oxygen atoms in total. The molecule has 1 N–H and O–H groups in total. The molecule has 1 fully saturated rings. The van der Waals surface area contributed by atoms with Crippen LogP contribution in [-0.2, 0) is 4.79 Å². The van der Waals surface area contributed by atoms with Crippen LogP contribution in [0, 0.1) is 17.3 Å². The lowest BCUT2D eigenvalue weighted by atomic mass is 10.1. The van der Waals surface area contributed by atoms with Crippen LogP contribution in [-0.4, -0.2) is 22.1 Å². The minimum atomic E-state index is -1.68. The molecular weight excluding hydrogens is 218 g/mol. The standard InChI is InChI=1S/C8H11Cl2FO2/c1-8(2)3(4(8)7(12)13)5(9)6(10)11/h3-6H,1-2H3,(H,12,13). The third-order valence-electron chi connectivity index (χ3n) is 2.76. The van der Waals surface area contributed by atoms with Gasteiger partial charge >= 0.3 is 5.97 Å². The highest BCUT2D eigenvalue weighted by atomic mass is 35.5. The van der Waals surface area contributed by atoms with Crippen molar-refractivity contribution in [3.8, 4) is 0 Å². The fraction of sp³-hybridized carbons (Fsp3) is 0.875. The van der Waals surface area contributed by atoms with Crippen LogP contribution in [0.2, 0.25) is 0 Å². The third-order valence-corrected chi connectivity index (χ3v) is 3.65. The number of carboxylic acids is 1. The molecule has 0 heterocycles. The Hall–Kier alpha value is -0.0200. The van der Waals surface area contributed by atoms with E-state index in [-0.39, 0.29) is 5.92 Å². The van der Waals surface area contributed by atoms with E-state index in [1.54, 1.807) is 13.8 Å². The maximum atomic E-state index is 12.6. The van der Waals surface area contributed by atoms with E-state index in [1.807, 2.05) is 0 Å². The van der Waals surface area contributed by atoms with E-state index in [9.17, 15) is 9.18 Å². The molecule has 1 rings (SSSR count). The third kappa shape index (κ3) is 1.77. The zero-order chi connectivity index (χ0) is 10.4. The molecule has 0 spiro atoms. The molecule has 0 bridgehead atoms. The van der Waals surface area contributed by atoms with Gasteiger partial charge in [-0.15, -0.1) is 11.6 Å². The van der Waals surface area contributed by atoms with Gasteiger partial charge in [-0.1, -0.05) is 25.4 Å². The predicted octanol–water partition coefficient (Wildman–Crippen LogP) is 2.49. The first-order chi connectivity index (χ1) is 5.80. The van der Waals surface area contributed by atoms with Crippen molar-refractivity contribution >= 4 is 29.2 Å². The van der Waals surface area contributed by atoms with Crippen molar-refractivity contribution < 1.29 is 14.3 Å². The van der Waals surface area contributed by atoms with E-state index in [2.05, 4.69) is 0 Å². The molecule has 0 aromatic carbocycles. The van der Waals surface area contributed by atoms with E-state index in [4.69, 9.17) is 28.3 Å². The Morgan fingerprint density at radius 3 is 2.23 bits per heavy atom. The van der Waals surface area contributed by atoms with Gasteiger partial charge in [0.05, 0.1) is 11.3 Å². The smallest absolute Gasteiger partial charge is 0.307 e. The number of rotatable bonds is 3. The van der Waals surface area contributed by atoms with Crippen LogP contribution in [0.15, 0.2) is 0 Å². The Labute approximate surface area is 86.0 Å². The Kier molecular flexibility index (Phi) is 2.79. The number of carboxylic acid groups (broad SMARTS) is 1. The molecule has 1 saturated carbocycles. The topological polar surface area (TPSA) is 37.3 Å². The summed E-state index contributed by atoms with van der Waals surface area (Å²) in [5.74, 6) is -1.89. The van der Waals surface area contributed by atoms with Crippen LogP contribution in [0.25, 0.3) is 0 Å². The Morgan fingerprint density at radius 2 is 2.00 bits per heavy atom. The van der Waals surface area contributed by atoms with Crippen molar-refractivity contribution in [3.63, 3.8) is 0 Å². The fourth-order valence-electron chi connectivity index (χ4n) is 1.90. The van der Waals surface area contributed by atoms with Gasteiger partial charge in [0.1, 0.15) is 0 Å². The first-order valence-electron chi connectivity index (χ1n) is 3.95. The molecule has 0 aromatic rings. The molecule has 4 unspecified atom stereocenters. The maximum Gasteiger partial charge on any atom is 0.307 e. The average Bonchev–Trinajstić information content (AvgIpc) is 2.51. The molecule has 0 saturated heterocycles. The van der Waals surface area contributed by atoms with Gasteiger partial charge in [0, 0.05) is 0 Å². The fourth-order valence-corrected chi connectivity index (χ4v) is 2.53. The summed E-state index contributed by atoms with van der Waals surface area (Å²) in [6.07, 6.45) is 0. The average molecular weight is 229 g/mol. The van der Waals surface area contributed by atoms with Crippen LogP contribution in [0.5, 0.6) is 0 Å². The summed E-state index contributed by atoms with van der Waals surface area (Å²) in [5, 5.41) is 7.85. The number of hydrogen-bond donors (Lipinski definition) is 1. The normalized spacial score (nSPS) is 35.2. The van der Waals surface area contributed by atoms with Crippen LogP contribution in [0.1, 0.15) is 13.8 Å². The van der Waals surface area contributed by atoms with Gasteiger partial charge in [0.25, 0.3) is 0 Å². The van der Waals surface area contributed by atoms with Crippen LogP contribution in [0.3, 0.4) is 0 Å². The molecule has 13 heavy (non-hydrogen) atoms. The van der Waals surface area contributed by atoms with Gasteiger partial charge < -0.3 is 5.11 Å². The molecule has 76 valence electrons. The summed E-state index contributed by atoms with van der Waals surface area (Å²) < 4.78 is 12.6. The molecule has 1 aliphatic carbocycles. The second kappa shape index (κ2) is 3.28. The SMILES string of the molecule is CC1(C)C(C(=O)O)C1C(Cl)C(F)Cl. The van der Waals surface area contributed by atoms with Gasteiger partial charge in [-0.2, -0.15) is 0 Å². The molecule has 4 atom stereocenters. The van der Waals surface area contributed by atoms with Gasteiger partial charge in [0.15, 0.2) is 5.63 Å². The summed E-state index contributed by atoms with van der Waals surface area (Å²) in [6, 6.07) is 0. The molecule has 0 aliphatic heterocycles. The van der Waals surface area contributed by atoms with Crippen molar-refractivity contribution in [2.45, 2.75) is 24.9 Å². The minimum Gasteiger partial charge on any atom is -0.481 e. The Bertz CT molecular complexity index is 230. The zero-order valence-corrected chi connectivity index (χ0v) is 8.81. The number of carbonyl (C=O) groups is 1. The lowest BCUT2D eigenvalue weighted by Gasteiger charge is -2.09. The first-order valence-corrected chi connectivity index (χ1v) is 4.82. The van der Waals surface area contributed by atoms with Crippen LogP contribution < -0.4 is 0 Å². The molecule has 0 radical (unpaired) electrons. The van der Waals surface area contributed by atoms with E-state index < -0.39 is 28.3 Å². The summed E-state index contributed by atoms with van der Waals surface area (Å²) in [7, 11) is 0. The van der Waals surface area contributed by atoms with Gasteiger partial charge in [-0.25, -0.2) is 4.39 Å². The number of halogens is 3. The van der Waals surface area contributed by atoms with E-state index >= 15 is 0 Å². The summed E-state index contributed by atoms with van der Waals surface area (Å²) in [5.41, 5.74) is -2.13. The molecule has 1 aliphatic rings. The Balaban J connectivity index is 2.70. The van der Waals surface area contributed by atoms with Crippen molar-refractivity contribution in [1.29, 1.82) is 0 Å². The van der Waals surface area contributed by atoms with E-state index in [1.165, 1.54) is 0 Å². The molecule has 0 amide bonds. The lowest BCUT2D eigenvalue weighted by molar-refractivity contribution is -0.139. The van der Waals surface area contributed by atoms with E-state index in [0.717, 1.165) is 0 Å². The number of hydrogen-bond acceptors (Lipinski definition) is 1. The number of aliphatic carboxylic acids is 1. The molecule has 5 heteroatoms. The molecular formula is C8H11Cl2FO2. The number of alkyl halides is 3. The Morgan fingerprint density at radius 1 is 1.54 bits per heavy atom.